The summed E-state index contributed by atoms with van der Waals surface area (Å²) in [5.41, 5.74) is -2.43. The van der Waals surface area contributed by atoms with Gasteiger partial charge in [-0.1, -0.05) is 13.8 Å². The largest absolute Gasteiger partial charge is 0.503 e. The second-order valence-corrected chi connectivity index (χ2v) is 10.0. The first-order valence-electron chi connectivity index (χ1n) is 13.4. The van der Waals surface area contributed by atoms with Crippen molar-refractivity contribution in [2.24, 2.45) is 11.8 Å². The lowest BCUT2D eigenvalue weighted by Gasteiger charge is -2.29. The average Bonchev–Trinajstić information content (AvgIpc) is 3.04. The number of pyridine rings is 1. The highest BCUT2D eigenvalue weighted by atomic mass is 19.2. The van der Waals surface area contributed by atoms with E-state index in [0.29, 0.717) is 0 Å². The molecule has 2 aromatic rings. The third-order valence-electron chi connectivity index (χ3n) is 6.57. The Kier molecular flexibility index (Phi) is 11.4. The van der Waals surface area contributed by atoms with Gasteiger partial charge >= 0.3 is 23.9 Å². The molecule has 46 heavy (non-hydrogen) atoms. The lowest BCUT2D eigenvalue weighted by atomic mass is 9.94. The van der Waals surface area contributed by atoms with E-state index in [4.69, 9.17) is 18.9 Å². The van der Waals surface area contributed by atoms with Crippen LogP contribution in [-0.2, 0) is 33.3 Å². The molecule has 0 saturated carbocycles. The van der Waals surface area contributed by atoms with Gasteiger partial charge in [0.05, 0.1) is 19.6 Å². The molecule has 0 bridgehead atoms. The van der Waals surface area contributed by atoms with Crippen molar-refractivity contribution in [2.75, 3.05) is 20.3 Å². The van der Waals surface area contributed by atoms with E-state index in [1.807, 2.05) is 0 Å². The van der Waals surface area contributed by atoms with Gasteiger partial charge in [0.2, 0.25) is 5.82 Å². The van der Waals surface area contributed by atoms with E-state index in [1.54, 1.807) is 0 Å². The first-order chi connectivity index (χ1) is 21.6. The van der Waals surface area contributed by atoms with Crippen molar-refractivity contribution in [1.29, 1.82) is 0 Å². The van der Waals surface area contributed by atoms with Crippen LogP contribution in [0, 0.1) is 40.9 Å². The fourth-order valence-corrected chi connectivity index (χ4v) is 4.09. The summed E-state index contributed by atoms with van der Waals surface area (Å²) in [7, 11) is 1.21. The van der Waals surface area contributed by atoms with Crippen LogP contribution in [0.2, 0.25) is 0 Å². The molecule has 1 saturated heterocycles. The number of esters is 4. The van der Waals surface area contributed by atoms with Crippen LogP contribution in [0.5, 0.6) is 11.5 Å². The second-order valence-electron chi connectivity index (χ2n) is 10.0. The smallest absolute Gasteiger partial charge is 0.344 e. The maximum absolute atomic E-state index is 14.0. The van der Waals surface area contributed by atoms with E-state index in [-0.39, 0.29) is 5.75 Å². The zero-order valence-corrected chi connectivity index (χ0v) is 24.5. The minimum absolute atomic E-state index is 0.115. The van der Waals surface area contributed by atoms with Crippen LogP contribution in [0.3, 0.4) is 0 Å². The molecule has 250 valence electrons. The van der Waals surface area contributed by atoms with Crippen LogP contribution < -0.4 is 10.1 Å². The van der Waals surface area contributed by atoms with Crippen LogP contribution in [0.1, 0.15) is 48.0 Å². The standard InChI is InChI=1S/C28H27F5N2O11/c1-10(2)25(38)46-23-11(3)45-27(40)13(35-24(37)21-22(36)14(42-4)5-7-34-21)9-44-26(39)12(23)6-8-43-28(41)15-16(29)18(31)20(33)19(32)17(15)30/h5,7,10-13,23,36H,6,8-9H2,1-4H3,(H,35,37)/t11-,12+,13?,23-/m0/s1. The summed E-state index contributed by atoms with van der Waals surface area (Å²) in [4.78, 5) is 67.5. The summed E-state index contributed by atoms with van der Waals surface area (Å²) in [6, 6.07) is -0.429. The molecule has 2 N–H and O–H groups in total. The number of benzene rings is 1. The van der Waals surface area contributed by atoms with Gasteiger partial charge < -0.3 is 34.1 Å². The molecule has 2 heterocycles. The molecule has 4 atom stereocenters. The second kappa shape index (κ2) is 14.8. The molecule has 1 amide bonds. The molecule has 1 aliphatic heterocycles. The molecule has 1 aromatic carbocycles. The Morgan fingerprint density at radius 3 is 2.24 bits per heavy atom. The van der Waals surface area contributed by atoms with Crippen LogP contribution in [-0.4, -0.2) is 78.4 Å². The number of methoxy groups -OCH3 is 1. The number of carbonyl (C=O) groups is 5. The molecule has 3 rings (SSSR count). The van der Waals surface area contributed by atoms with Gasteiger partial charge in [0.15, 0.2) is 52.6 Å². The van der Waals surface area contributed by atoms with E-state index in [9.17, 15) is 51.0 Å². The van der Waals surface area contributed by atoms with Crippen LogP contribution in [0.25, 0.3) is 0 Å². The van der Waals surface area contributed by atoms with Crippen molar-refractivity contribution < 1.29 is 74.7 Å². The lowest BCUT2D eigenvalue weighted by molar-refractivity contribution is -0.177. The number of aromatic hydroxyl groups is 1. The van der Waals surface area contributed by atoms with Crippen LogP contribution in [0.4, 0.5) is 22.0 Å². The van der Waals surface area contributed by atoms with Gasteiger partial charge in [-0.25, -0.2) is 36.5 Å². The number of ether oxygens (including phenoxy) is 5. The summed E-state index contributed by atoms with van der Waals surface area (Å²) < 4.78 is 94.0. The monoisotopic (exact) mass is 662 g/mol. The zero-order valence-electron chi connectivity index (χ0n) is 24.5. The predicted octanol–water partition coefficient (Wildman–Crippen LogP) is 2.51. The lowest BCUT2D eigenvalue weighted by Crippen LogP contribution is -2.46. The van der Waals surface area contributed by atoms with Crippen molar-refractivity contribution in [2.45, 2.75) is 45.4 Å². The Balaban J connectivity index is 1.84. The quantitative estimate of drug-likeness (QED) is 0.132. The third-order valence-corrected chi connectivity index (χ3v) is 6.57. The Morgan fingerprint density at radius 1 is 1.04 bits per heavy atom. The molecule has 18 heteroatoms. The SMILES string of the molecule is COc1ccnc(C(=O)NC2COC(=O)[C@H](CCOC(=O)c3c(F)c(F)c(F)c(F)c3F)[C@@H](OC(=O)C(C)C)[C@H](C)OC2=O)c1O. The molecular weight excluding hydrogens is 635 g/mol. The number of nitrogens with one attached hydrogen (secondary N) is 1. The number of nitrogens with zero attached hydrogens (tertiary/aromatic N) is 1. The topological polar surface area (TPSA) is 177 Å². The summed E-state index contributed by atoms with van der Waals surface area (Å²) in [5, 5.41) is 12.4. The van der Waals surface area contributed by atoms with Crippen LogP contribution >= 0.6 is 0 Å². The summed E-state index contributed by atoms with van der Waals surface area (Å²) in [6.07, 6.45) is -2.54. The normalized spacial score (nSPS) is 20.0. The molecule has 0 radical (unpaired) electrons. The first kappa shape index (κ1) is 35.4. The summed E-state index contributed by atoms with van der Waals surface area (Å²) in [5.74, 6) is -21.6. The van der Waals surface area contributed by atoms with Gasteiger partial charge in [-0.2, -0.15) is 0 Å². The van der Waals surface area contributed by atoms with Gasteiger partial charge in [0.25, 0.3) is 5.91 Å². The van der Waals surface area contributed by atoms with Gasteiger partial charge in [0, 0.05) is 12.3 Å². The van der Waals surface area contributed by atoms with Crippen molar-refractivity contribution >= 4 is 29.8 Å². The van der Waals surface area contributed by atoms with E-state index < -0.39 is 126 Å². The Labute approximate surface area is 256 Å². The maximum Gasteiger partial charge on any atom is 0.344 e. The molecule has 13 nitrogen and oxygen atoms in total. The van der Waals surface area contributed by atoms with E-state index in [2.05, 4.69) is 15.0 Å². The first-order valence-corrected chi connectivity index (χ1v) is 13.4. The van der Waals surface area contributed by atoms with Gasteiger partial charge in [0.1, 0.15) is 24.2 Å². The molecule has 1 unspecified atom stereocenters. The number of rotatable bonds is 9. The Hall–Kier alpha value is -5.03. The van der Waals surface area contributed by atoms with Crippen molar-refractivity contribution in [3.05, 3.63) is 52.6 Å². The van der Waals surface area contributed by atoms with Crippen molar-refractivity contribution in [3.63, 3.8) is 0 Å². The molecule has 0 aliphatic carbocycles. The van der Waals surface area contributed by atoms with Crippen molar-refractivity contribution in [3.8, 4) is 11.5 Å². The van der Waals surface area contributed by atoms with Gasteiger partial charge in [-0.05, 0) is 13.3 Å². The number of cyclic esters (lactones) is 2. The van der Waals surface area contributed by atoms with E-state index in [0.717, 1.165) is 6.20 Å². The number of carbonyl (C=O) groups excluding carboxylic acids is 5. The maximum atomic E-state index is 14.0. The fourth-order valence-electron chi connectivity index (χ4n) is 4.09. The third kappa shape index (κ3) is 7.60. The fraction of sp³-hybridized carbons (Fsp3) is 0.429. The molecular formula is C28H27F5N2O11. The van der Waals surface area contributed by atoms with Gasteiger partial charge in [-0.15, -0.1) is 0 Å². The predicted molar refractivity (Wildman–Crippen MR) is 140 cm³/mol. The van der Waals surface area contributed by atoms with Gasteiger partial charge in [-0.3, -0.25) is 14.4 Å². The number of halogens is 5. The van der Waals surface area contributed by atoms with Crippen LogP contribution in [0.15, 0.2) is 12.3 Å². The highest BCUT2D eigenvalue weighted by Gasteiger charge is 2.42. The average molecular weight is 663 g/mol. The molecule has 1 aromatic heterocycles. The summed E-state index contributed by atoms with van der Waals surface area (Å²) >= 11 is 0. The molecule has 1 aliphatic rings. The highest BCUT2D eigenvalue weighted by molar-refractivity contribution is 5.98. The zero-order chi connectivity index (χ0) is 34.5. The molecule has 1 fully saturated rings. The highest BCUT2D eigenvalue weighted by Crippen LogP contribution is 2.29. The Bertz CT molecular complexity index is 1510. The number of hydrogen-bond donors (Lipinski definition) is 2. The van der Waals surface area contributed by atoms with E-state index in [1.165, 1.54) is 33.9 Å². The Morgan fingerprint density at radius 2 is 1.65 bits per heavy atom. The number of aromatic nitrogens is 1. The van der Waals surface area contributed by atoms with E-state index >= 15 is 0 Å². The molecule has 0 spiro atoms. The summed E-state index contributed by atoms with van der Waals surface area (Å²) in [6.45, 7) is 2.35. The minimum atomic E-state index is -2.50. The minimum Gasteiger partial charge on any atom is -0.503 e. The number of amides is 1. The van der Waals surface area contributed by atoms with Crippen molar-refractivity contribution in [1.82, 2.24) is 10.3 Å². The number of hydrogen-bond acceptors (Lipinski definition) is 12.